The number of carbonyl (C=O) groups excluding carboxylic acids is 1. The molecule has 2 rings (SSSR count). The number of thioether (sulfide) groups is 1. The van der Waals surface area contributed by atoms with Crippen LogP contribution in [0.15, 0.2) is 18.2 Å². The molecule has 1 aliphatic heterocycles. The SMILES string of the molecule is Cc1ccc(NC(=O)CSC2CCN(C)CC2)cc1C. The third-order valence-electron chi connectivity index (χ3n) is 3.91. The number of piperidine rings is 1. The highest BCUT2D eigenvalue weighted by atomic mass is 32.2. The lowest BCUT2D eigenvalue weighted by Gasteiger charge is -2.28. The van der Waals surface area contributed by atoms with Gasteiger partial charge in [-0.2, -0.15) is 0 Å². The molecule has 0 bridgehead atoms. The predicted octanol–water partition coefficient (Wildman–Crippen LogP) is 3.07. The molecule has 3 nitrogen and oxygen atoms in total. The van der Waals surface area contributed by atoms with E-state index >= 15 is 0 Å². The van der Waals surface area contributed by atoms with Gasteiger partial charge in [-0.05, 0) is 70.1 Å². The highest BCUT2D eigenvalue weighted by molar-refractivity contribution is 8.00. The number of amides is 1. The van der Waals surface area contributed by atoms with Crippen LogP contribution in [0.5, 0.6) is 0 Å². The second kappa shape index (κ2) is 7.14. The predicted molar refractivity (Wildman–Crippen MR) is 87.5 cm³/mol. The Hall–Kier alpha value is -1.00. The molecule has 1 saturated heterocycles. The Bertz CT molecular complexity index is 468. The van der Waals surface area contributed by atoms with Crippen LogP contribution in [-0.2, 0) is 4.79 Å². The van der Waals surface area contributed by atoms with Crippen LogP contribution in [0.3, 0.4) is 0 Å². The van der Waals surface area contributed by atoms with Crippen molar-refractivity contribution in [3.8, 4) is 0 Å². The number of hydrogen-bond donors (Lipinski definition) is 1. The van der Waals surface area contributed by atoms with Crippen LogP contribution in [-0.4, -0.2) is 41.9 Å². The van der Waals surface area contributed by atoms with Crippen LogP contribution in [0.1, 0.15) is 24.0 Å². The van der Waals surface area contributed by atoms with Crippen LogP contribution < -0.4 is 5.32 Å². The third-order valence-corrected chi connectivity index (χ3v) is 5.28. The molecule has 0 atom stereocenters. The third kappa shape index (κ3) is 4.53. The van der Waals surface area contributed by atoms with Crippen LogP contribution in [0.2, 0.25) is 0 Å². The summed E-state index contributed by atoms with van der Waals surface area (Å²) < 4.78 is 0. The maximum Gasteiger partial charge on any atom is 0.234 e. The van der Waals surface area contributed by atoms with Gasteiger partial charge in [0.1, 0.15) is 0 Å². The summed E-state index contributed by atoms with van der Waals surface area (Å²) in [5.74, 6) is 0.665. The van der Waals surface area contributed by atoms with E-state index in [0.717, 1.165) is 18.8 Å². The second-order valence-electron chi connectivity index (χ2n) is 5.66. The summed E-state index contributed by atoms with van der Waals surface area (Å²) in [5, 5.41) is 3.62. The lowest BCUT2D eigenvalue weighted by atomic mass is 10.1. The number of aryl methyl sites for hydroxylation is 2. The first kappa shape index (κ1) is 15.4. The number of benzene rings is 1. The van der Waals surface area contributed by atoms with Crippen molar-refractivity contribution in [1.29, 1.82) is 0 Å². The van der Waals surface area contributed by atoms with Crippen molar-refractivity contribution in [2.45, 2.75) is 31.9 Å². The molecule has 20 heavy (non-hydrogen) atoms. The molecule has 0 spiro atoms. The second-order valence-corrected chi connectivity index (χ2v) is 6.95. The molecule has 0 radical (unpaired) electrons. The zero-order chi connectivity index (χ0) is 14.5. The number of nitrogens with one attached hydrogen (secondary N) is 1. The molecule has 1 N–H and O–H groups in total. The Morgan fingerprint density at radius 3 is 2.65 bits per heavy atom. The fourth-order valence-corrected chi connectivity index (χ4v) is 3.36. The van der Waals surface area contributed by atoms with E-state index in [4.69, 9.17) is 0 Å². The molecule has 0 unspecified atom stereocenters. The highest BCUT2D eigenvalue weighted by Gasteiger charge is 2.18. The molecular weight excluding hydrogens is 268 g/mol. The minimum absolute atomic E-state index is 0.109. The van der Waals surface area contributed by atoms with Crippen LogP contribution in [0.4, 0.5) is 5.69 Å². The van der Waals surface area contributed by atoms with Gasteiger partial charge in [0.25, 0.3) is 0 Å². The molecule has 1 heterocycles. The molecule has 0 aromatic heterocycles. The lowest BCUT2D eigenvalue weighted by Crippen LogP contribution is -2.32. The Balaban J connectivity index is 1.76. The summed E-state index contributed by atoms with van der Waals surface area (Å²) in [6.07, 6.45) is 2.39. The molecule has 0 aliphatic carbocycles. The number of carbonyl (C=O) groups is 1. The zero-order valence-electron chi connectivity index (χ0n) is 12.6. The number of nitrogens with zero attached hydrogens (tertiary/aromatic N) is 1. The first-order valence-electron chi connectivity index (χ1n) is 7.22. The molecule has 0 saturated carbocycles. The number of likely N-dealkylation sites (tertiary alicyclic amines) is 1. The van der Waals surface area contributed by atoms with Crippen LogP contribution in [0, 0.1) is 13.8 Å². The topological polar surface area (TPSA) is 32.3 Å². The molecular formula is C16H24N2OS. The molecule has 1 aliphatic rings. The average Bonchev–Trinajstić information content (AvgIpc) is 2.42. The van der Waals surface area contributed by atoms with E-state index in [1.807, 2.05) is 12.1 Å². The molecule has 110 valence electrons. The highest BCUT2D eigenvalue weighted by Crippen LogP contribution is 2.23. The van der Waals surface area contributed by atoms with Crippen molar-refractivity contribution in [2.24, 2.45) is 0 Å². The number of hydrogen-bond acceptors (Lipinski definition) is 3. The molecule has 1 aromatic rings. The van der Waals surface area contributed by atoms with Gasteiger partial charge in [-0.3, -0.25) is 4.79 Å². The minimum atomic E-state index is 0.109. The van der Waals surface area contributed by atoms with Gasteiger partial charge in [0.15, 0.2) is 0 Å². The Morgan fingerprint density at radius 1 is 1.30 bits per heavy atom. The summed E-state index contributed by atoms with van der Waals surface area (Å²) in [7, 11) is 2.16. The fraction of sp³-hybridized carbons (Fsp3) is 0.562. The number of rotatable bonds is 4. The quantitative estimate of drug-likeness (QED) is 0.925. The number of anilines is 1. The largest absolute Gasteiger partial charge is 0.325 e. The van der Waals surface area contributed by atoms with E-state index < -0.39 is 0 Å². The maximum absolute atomic E-state index is 12.0. The molecule has 1 fully saturated rings. The van der Waals surface area contributed by atoms with Crippen molar-refractivity contribution in [1.82, 2.24) is 4.90 Å². The Kier molecular flexibility index (Phi) is 5.49. The van der Waals surface area contributed by atoms with Crippen LogP contribution in [0.25, 0.3) is 0 Å². The summed E-state index contributed by atoms with van der Waals surface area (Å²) in [4.78, 5) is 14.3. The van der Waals surface area contributed by atoms with E-state index in [1.54, 1.807) is 11.8 Å². The summed E-state index contributed by atoms with van der Waals surface area (Å²) in [6.45, 7) is 6.45. The van der Waals surface area contributed by atoms with E-state index in [1.165, 1.54) is 24.0 Å². The maximum atomic E-state index is 12.0. The average molecular weight is 292 g/mol. The molecule has 1 aromatic carbocycles. The van der Waals surface area contributed by atoms with Crippen molar-refractivity contribution in [3.05, 3.63) is 29.3 Å². The van der Waals surface area contributed by atoms with Crippen molar-refractivity contribution in [2.75, 3.05) is 31.2 Å². The van der Waals surface area contributed by atoms with E-state index in [-0.39, 0.29) is 5.91 Å². The lowest BCUT2D eigenvalue weighted by molar-refractivity contribution is -0.113. The van der Waals surface area contributed by atoms with Gasteiger partial charge < -0.3 is 10.2 Å². The van der Waals surface area contributed by atoms with E-state index in [9.17, 15) is 4.79 Å². The van der Waals surface area contributed by atoms with Crippen molar-refractivity contribution < 1.29 is 4.79 Å². The molecule has 4 heteroatoms. The smallest absolute Gasteiger partial charge is 0.234 e. The van der Waals surface area contributed by atoms with Gasteiger partial charge in [0.05, 0.1) is 5.75 Å². The fourth-order valence-electron chi connectivity index (χ4n) is 2.36. The van der Waals surface area contributed by atoms with Gasteiger partial charge in [0, 0.05) is 10.9 Å². The monoisotopic (exact) mass is 292 g/mol. The summed E-state index contributed by atoms with van der Waals surface area (Å²) in [5.41, 5.74) is 3.37. The van der Waals surface area contributed by atoms with E-state index in [0.29, 0.717) is 11.0 Å². The standard InChI is InChI=1S/C16H24N2OS/c1-12-4-5-14(10-13(12)2)17-16(19)11-20-15-6-8-18(3)9-7-15/h4-5,10,15H,6-9,11H2,1-3H3,(H,17,19). The van der Waals surface area contributed by atoms with Crippen molar-refractivity contribution >= 4 is 23.4 Å². The van der Waals surface area contributed by atoms with Gasteiger partial charge in [-0.15, -0.1) is 11.8 Å². The van der Waals surface area contributed by atoms with Crippen LogP contribution >= 0.6 is 11.8 Å². The zero-order valence-corrected chi connectivity index (χ0v) is 13.4. The van der Waals surface area contributed by atoms with Gasteiger partial charge in [0.2, 0.25) is 5.91 Å². The first-order valence-corrected chi connectivity index (χ1v) is 8.27. The minimum Gasteiger partial charge on any atom is -0.325 e. The summed E-state index contributed by atoms with van der Waals surface area (Å²) in [6, 6.07) is 6.06. The Labute approximate surface area is 126 Å². The van der Waals surface area contributed by atoms with Gasteiger partial charge in [-0.1, -0.05) is 6.07 Å². The summed E-state index contributed by atoms with van der Waals surface area (Å²) >= 11 is 1.80. The van der Waals surface area contributed by atoms with Gasteiger partial charge in [-0.25, -0.2) is 0 Å². The van der Waals surface area contributed by atoms with E-state index in [2.05, 4.69) is 37.2 Å². The first-order chi connectivity index (χ1) is 9.54. The Morgan fingerprint density at radius 2 is 2.00 bits per heavy atom. The van der Waals surface area contributed by atoms with Gasteiger partial charge >= 0.3 is 0 Å². The van der Waals surface area contributed by atoms with Crippen molar-refractivity contribution in [3.63, 3.8) is 0 Å². The molecule has 1 amide bonds. The normalized spacial score (nSPS) is 17.1.